The second-order valence-corrected chi connectivity index (χ2v) is 20.0. The van der Waals surface area contributed by atoms with Crippen molar-refractivity contribution in [3.8, 4) is 0 Å². The summed E-state index contributed by atoms with van der Waals surface area (Å²) in [6.45, 7) is 16.9. The summed E-state index contributed by atoms with van der Waals surface area (Å²) in [5, 5.41) is 34.2. The molecule has 0 aromatic carbocycles. The molecule has 3 rings (SSSR count). The van der Waals surface area contributed by atoms with Crippen molar-refractivity contribution in [3.05, 3.63) is 0 Å². The molecule has 334 valence electrons. The number of aliphatic hydroxyl groups is 3. The summed E-state index contributed by atoms with van der Waals surface area (Å²) in [6, 6.07) is -1.17. The Morgan fingerprint density at radius 3 is 1.95 bits per heavy atom. The minimum Gasteiger partial charge on any atom is -0.459 e. The van der Waals surface area contributed by atoms with Crippen molar-refractivity contribution in [3.63, 3.8) is 0 Å². The molecule has 0 amide bonds. The summed E-state index contributed by atoms with van der Waals surface area (Å²) in [7, 11) is 4.52. The average Bonchev–Trinajstić information content (AvgIpc) is 3.13. The van der Waals surface area contributed by atoms with Crippen molar-refractivity contribution in [2.45, 2.75) is 179 Å². The lowest BCUT2D eigenvalue weighted by atomic mass is 9.74. The Kier molecular flexibility index (Phi) is 16.8. The van der Waals surface area contributed by atoms with E-state index in [1.807, 2.05) is 32.8 Å². The van der Waals surface area contributed by atoms with Crippen molar-refractivity contribution in [2.75, 3.05) is 41.6 Å². The number of methoxy groups -OCH3 is 2. The smallest absolute Gasteiger partial charge is 0.311 e. The average molecular weight is 839 g/mol. The van der Waals surface area contributed by atoms with Crippen LogP contribution in [0.25, 0.3) is 0 Å². The Morgan fingerprint density at radius 2 is 1.44 bits per heavy atom. The monoisotopic (exact) mass is 838 g/mol. The number of nitrogens with zero attached hydrogens (tertiary/aromatic N) is 2. The van der Waals surface area contributed by atoms with Gasteiger partial charge in [0, 0.05) is 51.5 Å². The fourth-order valence-corrected chi connectivity index (χ4v) is 9.97. The van der Waals surface area contributed by atoms with Gasteiger partial charge in [-0.2, -0.15) is 0 Å². The number of likely N-dealkylation sites (N-methyl/N-ethyl adjacent to an activating group) is 2. The summed E-state index contributed by atoms with van der Waals surface area (Å²) < 4.78 is 71.9. The molecule has 16 nitrogen and oxygen atoms in total. The molecule has 0 spiro atoms. The first kappa shape index (κ1) is 50.0. The van der Waals surface area contributed by atoms with E-state index in [4.69, 9.17) is 33.2 Å². The largest absolute Gasteiger partial charge is 0.459 e. The van der Waals surface area contributed by atoms with Gasteiger partial charge in [0.1, 0.15) is 23.6 Å². The number of carbonyl (C=O) groups excluding carboxylic acids is 2. The fourth-order valence-electron chi connectivity index (χ4n) is 9.27. The lowest BCUT2D eigenvalue weighted by Gasteiger charge is -2.51. The van der Waals surface area contributed by atoms with Gasteiger partial charge in [0.25, 0.3) is 0 Å². The van der Waals surface area contributed by atoms with Crippen LogP contribution in [0.15, 0.2) is 0 Å². The number of ether oxygens (including phenoxy) is 7. The van der Waals surface area contributed by atoms with Gasteiger partial charge in [0.05, 0.1) is 59.9 Å². The molecule has 3 heterocycles. The van der Waals surface area contributed by atoms with Gasteiger partial charge in [-0.3, -0.25) is 9.59 Å². The highest BCUT2D eigenvalue weighted by Gasteiger charge is 2.54. The fraction of sp³-hybridized carbons (Fsp3) is 0.950. The molecule has 0 radical (unpaired) electrons. The van der Waals surface area contributed by atoms with E-state index in [1.165, 1.54) is 32.5 Å². The molecule has 3 aliphatic rings. The van der Waals surface area contributed by atoms with Crippen molar-refractivity contribution in [2.24, 2.45) is 23.7 Å². The quantitative estimate of drug-likeness (QED) is 0.271. The van der Waals surface area contributed by atoms with Gasteiger partial charge >= 0.3 is 5.97 Å². The lowest BCUT2D eigenvalue weighted by molar-refractivity contribution is -0.313. The Hall–Kier alpha value is -1.35. The first-order valence-electron chi connectivity index (χ1n) is 20.3. The number of sulfonamides is 1. The molecule has 3 saturated heterocycles. The molecule has 0 unspecified atom stereocenters. The minimum atomic E-state index is -3.64. The number of aliphatic hydroxyl groups excluding tert-OH is 2. The highest BCUT2D eigenvalue weighted by Crippen LogP contribution is 2.42. The summed E-state index contributed by atoms with van der Waals surface area (Å²) in [5.74, 6) is -4.69. The molecule has 3 fully saturated rings. The molecule has 0 bridgehead atoms. The zero-order valence-electron chi connectivity index (χ0n) is 37.1. The van der Waals surface area contributed by atoms with Crippen LogP contribution in [0.2, 0.25) is 0 Å². The van der Waals surface area contributed by atoms with Crippen LogP contribution in [0.4, 0.5) is 0 Å². The third kappa shape index (κ3) is 10.8. The summed E-state index contributed by atoms with van der Waals surface area (Å²) >= 11 is 0. The van der Waals surface area contributed by atoms with E-state index in [0.29, 0.717) is 6.42 Å². The SMILES string of the molecule is CC[C@H]1OC(=O)[C@H](C)[C@@H](O[C@H]2C[C@@](C)(OC)[C@@H](O)[C@H](C)O2)[C@H](C)[C@@H](O[C@@H]2O[C@H](C)C[C@@H](N(C)S(C)(=O)=O)[C@@H]2N(C)C)[C@@](C)(OC)C[C@@H](C)C(=O)[C@H](C)[C@@H](O)[C@]1(C)O. The molecule has 18 atom stereocenters. The molecular weight excluding hydrogens is 765 g/mol. The molecule has 0 aromatic rings. The summed E-state index contributed by atoms with van der Waals surface area (Å²) in [6.07, 6.45) is -7.14. The number of ketones is 1. The summed E-state index contributed by atoms with van der Waals surface area (Å²) in [5.41, 5.74) is -4.36. The normalized spacial score (nSPS) is 46.2. The van der Waals surface area contributed by atoms with Gasteiger partial charge in [-0.1, -0.05) is 27.7 Å². The molecule has 3 N–H and O–H groups in total. The van der Waals surface area contributed by atoms with Crippen LogP contribution >= 0.6 is 0 Å². The number of hydrogen-bond acceptors (Lipinski definition) is 15. The second kappa shape index (κ2) is 19.1. The Labute approximate surface area is 341 Å². The third-order valence-corrected chi connectivity index (χ3v) is 14.5. The molecule has 57 heavy (non-hydrogen) atoms. The van der Waals surface area contributed by atoms with E-state index in [2.05, 4.69) is 0 Å². The first-order valence-corrected chi connectivity index (χ1v) is 22.1. The Morgan fingerprint density at radius 1 is 0.860 bits per heavy atom. The topological polar surface area (TPSA) is 200 Å². The highest BCUT2D eigenvalue weighted by atomic mass is 32.2. The van der Waals surface area contributed by atoms with Gasteiger partial charge < -0.3 is 53.4 Å². The maximum atomic E-state index is 14.3. The van der Waals surface area contributed by atoms with Crippen molar-refractivity contribution in [1.29, 1.82) is 0 Å². The number of cyclic esters (lactones) is 1. The maximum Gasteiger partial charge on any atom is 0.311 e. The van der Waals surface area contributed by atoms with Crippen molar-refractivity contribution >= 4 is 21.8 Å². The van der Waals surface area contributed by atoms with Crippen LogP contribution in [0.5, 0.6) is 0 Å². The molecule has 17 heteroatoms. The summed E-state index contributed by atoms with van der Waals surface area (Å²) in [4.78, 5) is 30.3. The van der Waals surface area contributed by atoms with E-state index in [1.54, 1.807) is 48.5 Å². The Bertz CT molecular complexity index is 1470. The van der Waals surface area contributed by atoms with E-state index in [-0.39, 0.29) is 25.0 Å². The number of carbonyl (C=O) groups is 2. The standard InChI is InChI=1S/C40H74N2O14S/c1-17-28-40(10,47)33(44)23(4)31(43)21(2)19-39(9,51-15)35(56-37-30(41(11)12)27(18-22(3)52-37)42(13)57(16,48)49)24(5)32(25(6)36(46)54-28)55-29-20-38(8,50-14)34(45)26(7)53-29/h21-30,32-35,37,44-45,47H,17-20H2,1-16H3/t21-,22-,23+,24+,25-,26+,27-,28-,29+,30+,32+,33-,34+,35-,37+,38-,39+,40-/m1/s1. The number of esters is 1. The van der Waals surface area contributed by atoms with Crippen molar-refractivity contribution in [1.82, 2.24) is 9.21 Å². The maximum absolute atomic E-state index is 14.3. The van der Waals surface area contributed by atoms with E-state index in [9.17, 15) is 33.3 Å². The zero-order valence-corrected chi connectivity index (χ0v) is 37.9. The van der Waals surface area contributed by atoms with E-state index >= 15 is 0 Å². The van der Waals surface area contributed by atoms with Crippen LogP contribution < -0.4 is 0 Å². The molecule has 0 aliphatic carbocycles. The van der Waals surface area contributed by atoms with Crippen LogP contribution in [0, 0.1) is 23.7 Å². The first-order chi connectivity index (χ1) is 26.1. The van der Waals surface area contributed by atoms with E-state index < -0.39 is 124 Å². The van der Waals surface area contributed by atoms with Gasteiger partial charge in [0.2, 0.25) is 10.0 Å². The zero-order chi connectivity index (χ0) is 43.7. The molecular formula is C40H74N2O14S. The second-order valence-electron chi connectivity index (χ2n) is 17.9. The van der Waals surface area contributed by atoms with Gasteiger partial charge in [-0.15, -0.1) is 0 Å². The Balaban J connectivity index is 2.30. The number of rotatable bonds is 10. The molecule has 0 saturated carbocycles. The third-order valence-electron chi connectivity index (χ3n) is 13.2. The predicted molar refractivity (Wildman–Crippen MR) is 211 cm³/mol. The van der Waals surface area contributed by atoms with Crippen LogP contribution in [-0.2, 0) is 52.8 Å². The minimum absolute atomic E-state index is 0.0752. The number of hydrogen-bond donors (Lipinski definition) is 3. The predicted octanol–water partition coefficient (Wildman–Crippen LogP) is 2.34. The molecule has 3 aliphatic heterocycles. The lowest BCUT2D eigenvalue weighted by Crippen LogP contribution is -2.64. The van der Waals surface area contributed by atoms with Crippen LogP contribution in [-0.4, -0.2) is 171 Å². The van der Waals surface area contributed by atoms with Gasteiger partial charge in [-0.25, -0.2) is 12.7 Å². The van der Waals surface area contributed by atoms with Crippen molar-refractivity contribution < 1.29 is 66.5 Å². The van der Waals surface area contributed by atoms with Crippen LogP contribution in [0.1, 0.15) is 94.9 Å². The molecule has 0 aromatic heterocycles. The van der Waals surface area contributed by atoms with E-state index in [0.717, 1.165) is 6.26 Å². The highest BCUT2D eigenvalue weighted by molar-refractivity contribution is 7.88. The van der Waals surface area contributed by atoms with Crippen LogP contribution in [0.3, 0.4) is 0 Å². The van der Waals surface area contributed by atoms with Gasteiger partial charge in [0.15, 0.2) is 12.6 Å². The number of Topliss-reactive ketones (excluding diaryl/α,β-unsaturated/α-hetero) is 1. The van der Waals surface area contributed by atoms with Gasteiger partial charge in [-0.05, 0) is 74.9 Å².